The fourth-order valence-electron chi connectivity index (χ4n) is 5.48. The van der Waals surface area contributed by atoms with Crippen LogP contribution in [-0.4, -0.2) is 40.1 Å². The number of benzene rings is 1. The summed E-state index contributed by atoms with van der Waals surface area (Å²) in [6.07, 6.45) is 2.23. The molecule has 2 bridgehead atoms. The van der Waals surface area contributed by atoms with Gasteiger partial charge in [-0.1, -0.05) is 12.1 Å². The molecule has 158 valence electrons. The molecule has 4 aliphatic rings. The molecule has 1 saturated heterocycles. The molecule has 30 heavy (non-hydrogen) atoms. The van der Waals surface area contributed by atoms with Gasteiger partial charge in [0, 0.05) is 11.8 Å². The highest BCUT2D eigenvalue weighted by molar-refractivity contribution is 5.87. The zero-order valence-electron chi connectivity index (χ0n) is 16.6. The Morgan fingerprint density at radius 3 is 2.77 bits per heavy atom. The predicted octanol–water partition coefficient (Wildman–Crippen LogP) is 3.92. The van der Waals surface area contributed by atoms with Crippen LogP contribution in [0.15, 0.2) is 30.6 Å². The topological polar surface area (TPSA) is 55.3 Å². The van der Waals surface area contributed by atoms with Gasteiger partial charge in [0.25, 0.3) is 5.88 Å². The van der Waals surface area contributed by atoms with Crippen LogP contribution in [0.1, 0.15) is 43.0 Å². The zero-order valence-corrected chi connectivity index (χ0v) is 16.6. The van der Waals surface area contributed by atoms with E-state index in [1.54, 1.807) is 24.0 Å². The number of ether oxygens (including phenoxy) is 1. The van der Waals surface area contributed by atoms with Crippen molar-refractivity contribution in [3.63, 3.8) is 0 Å². The highest BCUT2D eigenvalue weighted by Crippen LogP contribution is 2.74. The first-order valence-electron chi connectivity index (χ1n) is 10.1. The van der Waals surface area contributed by atoms with Gasteiger partial charge in [0.05, 0.1) is 30.3 Å². The second-order valence-corrected chi connectivity index (χ2v) is 9.04. The van der Waals surface area contributed by atoms with Crippen LogP contribution in [0.5, 0.6) is 5.88 Å². The number of alkyl halides is 1. The Kier molecular flexibility index (Phi) is 4.31. The molecule has 2 heterocycles. The highest BCUT2D eigenvalue weighted by Gasteiger charge is 2.72. The minimum absolute atomic E-state index is 0.0384. The summed E-state index contributed by atoms with van der Waals surface area (Å²) in [7, 11) is 0. The molecular formula is C22H22F3N3O2. The lowest BCUT2D eigenvalue weighted by Gasteiger charge is -2.69. The van der Waals surface area contributed by atoms with E-state index < -0.39 is 29.3 Å². The minimum atomic E-state index is -1.11. The maximum absolute atomic E-state index is 14.2. The van der Waals surface area contributed by atoms with Gasteiger partial charge in [-0.25, -0.2) is 13.8 Å². The SMILES string of the molecule is Cc1ncnc(OCC23CC(C(=O)N4CC(F)CC4c4cccc(F)c4)(C2)C3)c1F. The van der Waals surface area contributed by atoms with Crippen molar-refractivity contribution in [3.8, 4) is 5.88 Å². The van der Waals surface area contributed by atoms with E-state index in [9.17, 15) is 18.0 Å². The van der Waals surface area contributed by atoms with Crippen molar-refractivity contribution >= 4 is 5.91 Å². The number of carbonyl (C=O) groups excluding carboxylic acids is 1. The van der Waals surface area contributed by atoms with Crippen molar-refractivity contribution in [1.29, 1.82) is 0 Å². The van der Waals surface area contributed by atoms with Gasteiger partial charge in [-0.2, -0.15) is 9.37 Å². The van der Waals surface area contributed by atoms with Crippen molar-refractivity contribution < 1.29 is 22.7 Å². The summed E-state index contributed by atoms with van der Waals surface area (Å²) in [5, 5.41) is 0. The van der Waals surface area contributed by atoms with Gasteiger partial charge in [-0.3, -0.25) is 4.79 Å². The van der Waals surface area contributed by atoms with E-state index in [-0.39, 0.29) is 42.5 Å². The average molecular weight is 417 g/mol. The summed E-state index contributed by atoms with van der Waals surface area (Å²) in [4.78, 5) is 22.5. The van der Waals surface area contributed by atoms with Crippen LogP contribution in [-0.2, 0) is 4.79 Å². The minimum Gasteiger partial charge on any atom is -0.475 e. The first kappa shape index (κ1) is 19.3. The molecule has 5 nitrogen and oxygen atoms in total. The van der Waals surface area contributed by atoms with Crippen molar-refractivity contribution in [2.75, 3.05) is 13.2 Å². The van der Waals surface area contributed by atoms with Gasteiger partial charge >= 0.3 is 0 Å². The Bertz CT molecular complexity index is 995. The molecule has 2 atom stereocenters. The van der Waals surface area contributed by atoms with E-state index in [2.05, 4.69) is 9.97 Å². The third kappa shape index (κ3) is 2.96. The Morgan fingerprint density at radius 2 is 2.03 bits per heavy atom. The van der Waals surface area contributed by atoms with E-state index in [4.69, 9.17) is 4.74 Å². The smallest absolute Gasteiger partial charge is 0.253 e. The van der Waals surface area contributed by atoms with E-state index in [1.807, 2.05) is 0 Å². The monoisotopic (exact) mass is 417 g/mol. The van der Waals surface area contributed by atoms with E-state index in [0.29, 0.717) is 24.8 Å². The molecule has 6 rings (SSSR count). The van der Waals surface area contributed by atoms with Crippen molar-refractivity contribution in [1.82, 2.24) is 14.9 Å². The molecule has 1 aromatic heterocycles. The van der Waals surface area contributed by atoms with E-state index >= 15 is 0 Å². The summed E-state index contributed by atoms with van der Waals surface area (Å²) in [6.45, 7) is 1.87. The second-order valence-electron chi connectivity index (χ2n) is 9.04. The van der Waals surface area contributed by atoms with Crippen molar-refractivity contribution in [3.05, 3.63) is 53.5 Å². The number of carbonyl (C=O) groups is 1. The summed E-state index contributed by atoms with van der Waals surface area (Å²) in [5.74, 6) is -1.10. The molecule has 1 aromatic carbocycles. The maximum atomic E-state index is 14.2. The van der Waals surface area contributed by atoms with Crippen molar-refractivity contribution in [2.24, 2.45) is 10.8 Å². The van der Waals surface area contributed by atoms with Crippen LogP contribution in [0.4, 0.5) is 13.2 Å². The van der Waals surface area contributed by atoms with Crippen LogP contribution in [0.3, 0.4) is 0 Å². The standard InChI is InChI=1S/C22H22F3N3O2/c1-13-18(25)19(27-12-26-13)30-11-21-8-22(9-21,10-21)20(29)28-7-16(24)6-17(28)14-3-2-4-15(23)5-14/h2-5,12,16-17H,6-11H2,1H3. The summed E-state index contributed by atoms with van der Waals surface area (Å²) < 4.78 is 47.4. The lowest BCUT2D eigenvalue weighted by atomic mass is 9.35. The fourth-order valence-corrected chi connectivity index (χ4v) is 5.48. The number of halogens is 3. The lowest BCUT2D eigenvalue weighted by molar-refractivity contribution is -0.226. The Labute approximate surface area is 172 Å². The molecule has 2 aromatic rings. The van der Waals surface area contributed by atoms with Crippen LogP contribution < -0.4 is 4.74 Å². The molecule has 0 radical (unpaired) electrons. The Hall–Kier alpha value is -2.64. The van der Waals surface area contributed by atoms with Crippen LogP contribution in [0, 0.1) is 29.4 Å². The summed E-state index contributed by atoms with van der Waals surface area (Å²) in [6, 6.07) is 5.59. The molecule has 1 aliphatic heterocycles. The first-order valence-corrected chi connectivity index (χ1v) is 10.1. The highest BCUT2D eigenvalue weighted by atomic mass is 19.1. The van der Waals surface area contributed by atoms with E-state index in [1.165, 1.54) is 18.5 Å². The number of hydrogen-bond donors (Lipinski definition) is 0. The third-order valence-corrected chi connectivity index (χ3v) is 6.79. The number of likely N-dealkylation sites (tertiary alicyclic amines) is 1. The van der Waals surface area contributed by atoms with Gasteiger partial charge in [0.2, 0.25) is 11.7 Å². The Balaban J connectivity index is 1.25. The number of nitrogens with zero attached hydrogens (tertiary/aromatic N) is 3. The number of hydrogen-bond acceptors (Lipinski definition) is 4. The molecule has 8 heteroatoms. The quantitative estimate of drug-likeness (QED) is 0.740. The predicted molar refractivity (Wildman–Crippen MR) is 101 cm³/mol. The number of rotatable bonds is 5. The van der Waals surface area contributed by atoms with Gasteiger partial charge in [-0.05, 0) is 43.9 Å². The molecule has 3 saturated carbocycles. The van der Waals surface area contributed by atoms with Crippen LogP contribution in [0.25, 0.3) is 0 Å². The van der Waals surface area contributed by atoms with Crippen molar-refractivity contribution in [2.45, 2.75) is 44.8 Å². The number of aromatic nitrogens is 2. The van der Waals surface area contributed by atoms with Crippen LogP contribution in [0.2, 0.25) is 0 Å². The summed E-state index contributed by atoms with van der Waals surface area (Å²) >= 11 is 0. The van der Waals surface area contributed by atoms with E-state index in [0.717, 1.165) is 0 Å². The van der Waals surface area contributed by atoms with Gasteiger partial charge < -0.3 is 9.64 Å². The second kappa shape index (κ2) is 6.68. The lowest BCUT2D eigenvalue weighted by Crippen LogP contribution is -2.69. The molecule has 0 spiro atoms. The molecule has 4 fully saturated rings. The zero-order chi connectivity index (χ0) is 21.1. The maximum Gasteiger partial charge on any atom is 0.253 e. The first-order chi connectivity index (χ1) is 14.3. The molecule has 1 amide bonds. The normalized spacial score (nSPS) is 31.8. The average Bonchev–Trinajstić information content (AvgIpc) is 3.04. The largest absolute Gasteiger partial charge is 0.475 e. The summed E-state index contributed by atoms with van der Waals surface area (Å²) in [5.41, 5.74) is 0.189. The number of amides is 1. The number of aryl methyl sites for hydroxylation is 1. The molecular weight excluding hydrogens is 395 g/mol. The molecule has 0 N–H and O–H groups in total. The third-order valence-electron chi connectivity index (χ3n) is 6.79. The molecule has 2 unspecified atom stereocenters. The van der Waals surface area contributed by atoms with Gasteiger partial charge in [0.1, 0.15) is 18.3 Å². The molecule has 3 aliphatic carbocycles. The van der Waals surface area contributed by atoms with Crippen LogP contribution >= 0.6 is 0 Å². The fraction of sp³-hybridized carbons (Fsp3) is 0.500. The van der Waals surface area contributed by atoms with Gasteiger partial charge in [-0.15, -0.1) is 0 Å². The van der Waals surface area contributed by atoms with Gasteiger partial charge in [0.15, 0.2) is 0 Å². The Morgan fingerprint density at radius 1 is 1.27 bits per heavy atom.